The van der Waals surface area contributed by atoms with Crippen LogP contribution >= 0.6 is 11.6 Å². The molecule has 0 spiro atoms. The van der Waals surface area contributed by atoms with E-state index in [9.17, 15) is 9.59 Å². The molecule has 2 aliphatic heterocycles. The second kappa shape index (κ2) is 8.67. The summed E-state index contributed by atoms with van der Waals surface area (Å²) in [4.78, 5) is 31.9. The van der Waals surface area contributed by atoms with Gasteiger partial charge in [-0.2, -0.15) is 0 Å². The van der Waals surface area contributed by atoms with Gasteiger partial charge in [-0.05, 0) is 24.3 Å². The molecule has 3 heterocycles. The number of pyridine rings is 1. The van der Waals surface area contributed by atoms with Gasteiger partial charge in [0.25, 0.3) is 11.8 Å². The van der Waals surface area contributed by atoms with Gasteiger partial charge in [-0.15, -0.1) is 0 Å². The van der Waals surface area contributed by atoms with Crippen LogP contribution in [0.3, 0.4) is 0 Å². The molecule has 1 fully saturated rings. The summed E-state index contributed by atoms with van der Waals surface area (Å²) in [5, 5.41) is 3.05. The lowest BCUT2D eigenvalue weighted by Gasteiger charge is -2.35. The molecule has 29 heavy (non-hydrogen) atoms. The maximum absolute atomic E-state index is 12.8. The molecule has 0 bridgehead atoms. The minimum atomic E-state index is -0.637. The second-order valence-corrected chi connectivity index (χ2v) is 7.36. The zero-order valence-corrected chi connectivity index (χ0v) is 16.5. The molecular weight excluding hydrogens is 396 g/mol. The number of aromatic nitrogens is 1. The summed E-state index contributed by atoms with van der Waals surface area (Å²) in [6.45, 7) is 3.02. The standard InChI is InChI=1S/C20H21ClN4O4/c21-19-14(4-3-7-22-19)23-18(26)12-24-8-10-25(11-9-24)20(27)17-13-28-15-5-1-2-6-16(15)29-17/h1-7,17H,8-13H2,(H,23,26)/p+1/t17-/m0/s1. The number of piperazine rings is 1. The Hall–Kier alpha value is -2.84. The molecule has 2 N–H and O–H groups in total. The van der Waals surface area contributed by atoms with Crippen LogP contribution in [0.4, 0.5) is 5.69 Å². The van der Waals surface area contributed by atoms with Gasteiger partial charge in [0, 0.05) is 6.20 Å². The van der Waals surface area contributed by atoms with E-state index in [0.29, 0.717) is 49.9 Å². The molecule has 0 radical (unpaired) electrons. The summed E-state index contributed by atoms with van der Waals surface area (Å²) >= 11 is 5.97. The van der Waals surface area contributed by atoms with Gasteiger partial charge in [0.2, 0.25) is 6.10 Å². The Balaban J connectivity index is 1.26. The molecule has 1 saturated heterocycles. The molecule has 2 amide bonds. The molecule has 0 aliphatic carbocycles. The molecule has 8 nitrogen and oxygen atoms in total. The van der Waals surface area contributed by atoms with Crippen LogP contribution < -0.4 is 19.7 Å². The highest BCUT2D eigenvalue weighted by Gasteiger charge is 2.34. The van der Waals surface area contributed by atoms with Crippen LogP contribution in [0.5, 0.6) is 11.5 Å². The number of halogens is 1. The Labute approximate surface area is 173 Å². The van der Waals surface area contributed by atoms with E-state index in [1.165, 1.54) is 0 Å². The van der Waals surface area contributed by atoms with E-state index in [1.807, 2.05) is 18.2 Å². The maximum atomic E-state index is 12.8. The number of ether oxygens (including phenoxy) is 2. The van der Waals surface area contributed by atoms with Gasteiger partial charge < -0.3 is 24.6 Å². The Morgan fingerprint density at radius 3 is 2.69 bits per heavy atom. The van der Waals surface area contributed by atoms with E-state index in [2.05, 4.69) is 10.3 Å². The number of nitrogens with one attached hydrogen (secondary N) is 2. The number of rotatable bonds is 4. The Bertz CT molecular complexity index is 902. The van der Waals surface area contributed by atoms with Crippen molar-refractivity contribution in [3.05, 3.63) is 47.7 Å². The molecule has 152 valence electrons. The number of quaternary nitrogens is 1. The summed E-state index contributed by atoms with van der Waals surface area (Å²) in [7, 11) is 0. The first-order chi connectivity index (χ1) is 14.1. The van der Waals surface area contributed by atoms with Gasteiger partial charge >= 0.3 is 0 Å². The SMILES string of the molecule is O=C(C[NH+]1CCN(C(=O)[C@@H]2COc3ccccc3O2)CC1)Nc1cccnc1Cl. The zero-order chi connectivity index (χ0) is 20.2. The van der Waals surface area contributed by atoms with Crippen molar-refractivity contribution in [1.82, 2.24) is 9.88 Å². The van der Waals surface area contributed by atoms with Crippen molar-refractivity contribution in [2.45, 2.75) is 6.10 Å². The highest BCUT2D eigenvalue weighted by molar-refractivity contribution is 6.32. The highest BCUT2D eigenvalue weighted by Crippen LogP contribution is 2.31. The molecule has 1 atom stereocenters. The van der Waals surface area contributed by atoms with Crippen molar-refractivity contribution < 1.29 is 24.0 Å². The van der Waals surface area contributed by atoms with E-state index in [1.54, 1.807) is 29.3 Å². The van der Waals surface area contributed by atoms with E-state index < -0.39 is 6.10 Å². The van der Waals surface area contributed by atoms with Crippen LogP contribution in [0.15, 0.2) is 42.6 Å². The summed E-state index contributed by atoms with van der Waals surface area (Å²) in [5.74, 6) is 1.04. The molecule has 0 unspecified atom stereocenters. The number of nitrogens with zero attached hydrogens (tertiary/aromatic N) is 2. The number of benzene rings is 1. The average molecular weight is 418 g/mol. The normalized spacial score (nSPS) is 18.9. The summed E-state index contributed by atoms with van der Waals surface area (Å²) in [5.41, 5.74) is 0.502. The smallest absolute Gasteiger partial charge is 0.279 e. The Morgan fingerprint density at radius 1 is 1.17 bits per heavy atom. The number of amides is 2. The predicted octanol–water partition coefficient (Wildman–Crippen LogP) is 0.241. The maximum Gasteiger partial charge on any atom is 0.279 e. The summed E-state index contributed by atoms with van der Waals surface area (Å²) in [6, 6.07) is 10.8. The van der Waals surface area contributed by atoms with Gasteiger partial charge in [0.05, 0.1) is 31.9 Å². The fourth-order valence-corrected chi connectivity index (χ4v) is 3.63. The van der Waals surface area contributed by atoms with Gasteiger partial charge in [-0.1, -0.05) is 23.7 Å². The quantitative estimate of drug-likeness (QED) is 0.696. The lowest BCUT2D eigenvalue weighted by atomic mass is 10.2. The third-order valence-electron chi connectivity index (χ3n) is 5.01. The van der Waals surface area contributed by atoms with E-state index >= 15 is 0 Å². The van der Waals surface area contributed by atoms with Crippen LogP contribution in [0.2, 0.25) is 5.15 Å². The first-order valence-electron chi connectivity index (χ1n) is 9.51. The number of fused-ring (bicyclic) bond motifs is 1. The van der Waals surface area contributed by atoms with E-state index in [0.717, 1.165) is 4.90 Å². The van der Waals surface area contributed by atoms with Crippen molar-refractivity contribution in [2.75, 3.05) is 44.6 Å². The van der Waals surface area contributed by atoms with Crippen molar-refractivity contribution in [3.63, 3.8) is 0 Å². The molecule has 4 rings (SSSR count). The van der Waals surface area contributed by atoms with Crippen molar-refractivity contribution in [2.24, 2.45) is 0 Å². The average Bonchev–Trinajstić information content (AvgIpc) is 2.75. The van der Waals surface area contributed by atoms with Gasteiger partial charge in [-0.25, -0.2) is 4.98 Å². The fraction of sp³-hybridized carbons (Fsp3) is 0.350. The predicted molar refractivity (Wildman–Crippen MR) is 106 cm³/mol. The molecule has 1 aromatic heterocycles. The molecule has 2 aliphatic rings. The van der Waals surface area contributed by atoms with Gasteiger partial charge in [0.1, 0.15) is 6.61 Å². The van der Waals surface area contributed by atoms with E-state index in [-0.39, 0.29) is 23.6 Å². The molecule has 0 saturated carbocycles. The second-order valence-electron chi connectivity index (χ2n) is 7.01. The van der Waals surface area contributed by atoms with E-state index in [4.69, 9.17) is 21.1 Å². The van der Waals surface area contributed by atoms with Crippen LogP contribution in [0.1, 0.15) is 0 Å². The molecular formula is C20H22ClN4O4+. The Morgan fingerprint density at radius 2 is 1.93 bits per heavy atom. The Kier molecular flexibility index (Phi) is 5.82. The van der Waals surface area contributed by atoms with Gasteiger partial charge in [-0.3, -0.25) is 9.59 Å². The van der Waals surface area contributed by atoms with Crippen molar-refractivity contribution in [3.8, 4) is 11.5 Å². The first-order valence-corrected chi connectivity index (χ1v) is 9.89. The van der Waals surface area contributed by atoms with Crippen LogP contribution in [-0.4, -0.2) is 67.1 Å². The molecule has 1 aromatic carbocycles. The largest absolute Gasteiger partial charge is 0.485 e. The lowest BCUT2D eigenvalue weighted by Crippen LogP contribution is -3.15. The molecule has 9 heteroatoms. The molecule has 2 aromatic rings. The zero-order valence-electron chi connectivity index (χ0n) is 15.8. The topological polar surface area (TPSA) is 85.2 Å². The number of para-hydroxylation sites is 2. The third kappa shape index (κ3) is 4.60. The minimum absolute atomic E-state index is 0.0786. The number of carbonyl (C=O) groups is 2. The fourth-order valence-electron chi connectivity index (χ4n) is 3.47. The van der Waals surface area contributed by atoms with Gasteiger partial charge in [0.15, 0.2) is 23.2 Å². The van der Waals surface area contributed by atoms with Crippen LogP contribution in [0.25, 0.3) is 0 Å². The highest BCUT2D eigenvalue weighted by atomic mass is 35.5. The van der Waals surface area contributed by atoms with Crippen LogP contribution in [0, 0.1) is 0 Å². The minimum Gasteiger partial charge on any atom is -0.485 e. The van der Waals surface area contributed by atoms with Crippen LogP contribution in [-0.2, 0) is 9.59 Å². The lowest BCUT2D eigenvalue weighted by molar-refractivity contribution is -0.895. The van der Waals surface area contributed by atoms with Crippen molar-refractivity contribution in [1.29, 1.82) is 0 Å². The monoisotopic (exact) mass is 417 g/mol. The first kappa shape index (κ1) is 19.5. The number of anilines is 1. The number of carbonyl (C=O) groups excluding carboxylic acids is 2. The number of hydrogen-bond donors (Lipinski definition) is 2. The van der Waals surface area contributed by atoms with Crippen molar-refractivity contribution >= 4 is 29.1 Å². The summed E-state index contributed by atoms with van der Waals surface area (Å²) in [6.07, 6.45) is 0.932. The number of hydrogen-bond acceptors (Lipinski definition) is 5. The third-order valence-corrected chi connectivity index (χ3v) is 5.31. The summed E-state index contributed by atoms with van der Waals surface area (Å²) < 4.78 is 11.5.